The van der Waals surface area contributed by atoms with Gasteiger partial charge in [-0.05, 0) is 24.1 Å². The molecule has 7 heteroatoms. The van der Waals surface area contributed by atoms with Gasteiger partial charge in [-0.2, -0.15) is 13.2 Å². The first-order valence-corrected chi connectivity index (χ1v) is 8.26. The number of rotatable bonds is 2. The summed E-state index contributed by atoms with van der Waals surface area (Å²) in [6, 6.07) is 5.19. The number of halogens is 3. The molecule has 0 saturated carbocycles. The van der Waals surface area contributed by atoms with Gasteiger partial charge in [0, 0.05) is 41.5 Å². The maximum absolute atomic E-state index is 13.0. The largest absolute Gasteiger partial charge is 0.416 e. The Balaban J connectivity index is 2.22. The second-order valence-corrected chi connectivity index (χ2v) is 6.74. The number of amides is 1. The molecule has 0 spiro atoms. The average molecular weight is 331 g/mol. The predicted molar refractivity (Wildman–Crippen MR) is 79.6 cm³/mol. The molecule has 0 atom stereocenters. The standard InChI is InChI=1S/C15H16F3NO2S/c1-11(10-14(20)19-6-8-22(21)9-7-19)12-4-2-3-5-13(12)15(16,17)18/h2-5,10H,6-9H2,1H3. The molecule has 1 aliphatic rings. The highest BCUT2D eigenvalue weighted by molar-refractivity contribution is 7.85. The quantitative estimate of drug-likeness (QED) is 0.782. The molecule has 0 aromatic heterocycles. The molecule has 3 nitrogen and oxygen atoms in total. The van der Waals surface area contributed by atoms with Crippen LogP contribution in [0.25, 0.3) is 5.57 Å². The zero-order valence-electron chi connectivity index (χ0n) is 12.0. The summed E-state index contributed by atoms with van der Waals surface area (Å²) in [5.74, 6) is 0.487. The zero-order chi connectivity index (χ0) is 16.3. The number of carbonyl (C=O) groups is 1. The van der Waals surface area contributed by atoms with Gasteiger partial charge in [0.2, 0.25) is 5.91 Å². The van der Waals surface area contributed by atoms with Gasteiger partial charge in [-0.1, -0.05) is 18.2 Å². The molecular formula is C15H16F3NO2S. The Kier molecular flexibility index (Phi) is 5.05. The number of hydrogen-bond acceptors (Lipinski definition) is 2. The van der Waals surface area contributed by atoms with Crippen molar-refractivity contribution in [2.75, 3.05) is 24.6 Å². The average Bonchev–Trinajstić information content (AvgIpc) is 2.47. The Hall–Kier alpha value is -1.63. The summed E-state index contributed by atoms with van der Waals surface area (Å²) < 4.78 is 50.2. The van der Waals surface area contributed by atoms with Crippen LogP contribution in [0.2, 0.25) is 0 Å². The predicted octanol–water partition coefficient (Wildman–Crippen LogP) is 2.70. The number of benzene rings is 1. The lowest BCUT2D eigenvalue weighted by Crippen LogP contribution is -2.41. The van der Waals surface area contributed by atoms with Gasteiger partial charge in [0.15, 0.2) is 0 Å². The van der Waals surface area contributed by atoms with E-state index in [9.17, 15) is 22.2 Å². The third-order valence-corrected chi connectivity index (χ3v) is 4.76. The first-order valence-electron chi connectivity index (χ1n) is 6.78. The van der Waals surface area contributed by atoms with Crippen LogP contribution >= 0.6 is 0 Å². The topological polar surface area (TPSA) is 37.4 Å². The Labute approximate surface area is 129 Å². The van der Waals surface area contributed by atoms with Crippen LogP contribution in [0.4, 0.5) is 13.2 Å². The van der Waals surface area contributed by atoms with Crippen molar-refractivity contribution in [3.8, 4) is 0 Å². The summed E-state index contributed by atoms with van der Waals surface area (Å²) in [7, 11) is -0.905. The summed E-state index contributed by atoms with van der Waals surface area (Å²) in [5, 5.41) is 0. The fourth-order valence-corrected chi connectivity index (χ4v) is 3.34. The van der Waals surface area contributed by atoms with Crippen molar-refractivity contribution in [2.45, 2.75) is 13.1 Å². The maximum atomic E-state index is 13.0. The normalized spacial score (nSPS) is 17.6. The molecule has 1 saturated heterocycles. The van der Waals surface area contributed by atoms with Crippen LogP contribution in [0.1, 0.15) is 18.1 Å². The van der Waals surface area contributed by atoms with Crippen LogP contribution in [0.5, 0.6) is 0 Å². The second-order valence-electron chi connectivity index (χ2n) is 5.04. The minimum absolute atomic E-state index is 0.00364. The van der Waals surface area contributed by atoms with Gasteiger partial charge in [-0.15, -0.1) is 0 Å². The smallest absolute Gasteiger partial charge is 0.337 e. The highest BCUT2D eigenvalue weighted by Crippen LogP contribution is 2.34. The van der Waals surface area contributed by atoms with E-state index in [4.69, 9.17) is 0 Å². The number of hydrogen-bond donors (Lipinski definition) is 0. The molecule has 0 radical (unpaired) electrons. The maximum Gasteiger partial charge on any atom is 0.416 e. The lowest BCUT2D eigenvalue weighted by molar-refractivity contribution is -0.137. The highest BCUT2D eigenvalue weighted by atomic mass is 32.2. The fraction of sp³-hybridized carbons (Fsp3) is 0.400. The van der Waals surface area contributed by atoms with E-state index in [1.165, 1.54) is 36.1 Å². The van der Waals surface area contributed by atoms with E-state index < -0.39 is 22.5 Å². The second kappa shape index (κ2) is 6.64. The van der Waals surface area contributed by atoms with Gasteiger partial charge in [0.25, 0.3) is 0 Å². The van der Waals surface area contributed by atoms with Gasteiger partial charge in [-0.3, -0.25) is 9.00 Å². The van der Waals surface area contributed by atoms with Crippen molar-refractivity contribution in [1.29, 1.82) is 0 Å². The lowest BCUT2D eigenvalue weighted by Gasteiger charge is -2.25. The van der Waals surface area contributed by atoms with E-state index in [1.807, 2.05) is 0 Å². The van der Waals surface area contributed by atoms with Crippen LogP contribution in [-0.4, -0.2) is 39.6 Å². The van der Waals surface area contributed by atoms with Crippen LogP contribution in [0, 0.1) is 0 Å². The molecule has 1 aromatic rings. The first-order chi connectivity index (χ1) is 10.3. The van der Waals surface area contributed by atoms with Crippen molar-refractivity contribution in [3.63, 3.8) is 0 Å². The fourth-order valence-electron chi connectivity index (χ4n) is 2.29. The third kappa shape index (κ3) is 3.97. The Morgan fingerprint density at radius 3 is 2.41 bits per heavy atom. The molecule has 0 aliphatic carbocycles. The zero-order valence-corrected chi connectivity index (χ0v) is 12.8. The molecule has 0 unspecified atom stereocenters. The van der Waals surface area contributed by atoms with E-state index in [0.29, 0.717) is 24.6 Å². The van der Waals surface area contributed by atoms with Gasteiger partial charge >= 0.3 is 6.18 Å². The van der Waals surface area contributed by atoms with Crippen LogP contribution in [0.15, 0.2) is 30.3 Å². The van der Waals surface area contributed by atoms with Crippen molar-refractivity contribution in [2.24, 2.45) is 0 Å². The SMILES string of the molecule is CC(=CC(=O)N1CCS(=O)CC1)c1ccccc1C(F)(F)F. The van der Waals surface area contributed by atoms with Gasteiger partial charge in [0.05, 0.1) is 5.56 Å². The lowest BCUT2D eigenvalue weighted by atomic mass is 10.00. The molecule has 0 N–H and O–H groups in total. The summed E-state index contributed by atoms with van der Waals surface area (Å²) >= 11 is 0. The van der Waals surface area contributed by atoms with E-state index in [0.717, 1.165) is 6.07 Å². The molecule has 1 amide bonds. The van der Waals surface area contributed by atoms with Crippen molar-refractivity contribution < 1.29 is 22.2 Å². The van der Waals surface area contributed by atoms with Gasteiger partial charge < -0.3 is 4.90 Å². The molecule has 120 valence electrons. The number of alkyl halides is 3. The van der Waals surface area contributed by atoms with Crippen molar-refractivity contribution in [1.82, 2.24) is 4.90 Å². The summed E-state index contributed by atoms with van der Waals surface area (Å²) in [4.78, 5) is 13.6. The summed E-state index contributed by atoms with van der Waals surface area (Å²) in [5.41, 5.74) is -0.482. The van der Waals surface area contributed by atoms with Crippen molar-refractivity contribution in [3.05, 3.63) is 41.5 Å². The van der Waals surface area contributed by atoms with E-state index in [1.54, 1.807) is 0 Å². The van der Waals surface area contributed by atoms with Gasteiger partial charge in [-0.25, -0.2) is 0 Å². The Morgan fingerprint density at radius 2 is 1.82 bits per heavy atom. The molecule has 1 heterocycles. The number of allylic oxidation sites excluding steroid dienone is 1. The van der Waals surface area contributed by atoms with Crippen LogP contribution < -0.4 is 0 Å². The van der Waals surface area contributed by atoms with Crippen molar-refractivity contribution >= 4 is 22.3 Å². The first kappa shape index (κ1) is 16.7. The molecule has 0 bridgehead atoms. The van der Waals surface area contributed by atoms with E-state index in [-0.39, 0.29) is 17.0 Å². The molecular weight excluding hydrogens is 315 g/mol. The van der Waals surface area contributed by atoms with Gasteiger partial charge in [0.1, 0.15) is 0 Å². The minimum Gasteiger partial charge on any atom is -0.337 e. The third-order valence-electron chi connectivity index (χ3n) is 3.49. The molecule has 1 fully saturated rings. The molecule has 22 heavy (non-hydrogen) atoms. The minimum atomic E-state index is -4.46. The Bertz CT molecular complexity index is 615. The number of carbonyl (C=O) groups excluding carboxylic acids is 1. The number of nitrogens with zero attached hydrogens (tertiary/aromatic N) is 1. The van der Waals surface area contributed by atoms with Crippen LogP contribution in [0.3, 0.4) is 0 Å². The molecule has 1 aromatic carbocycles. The Morgan fingerprint density at radius 1 is 1.23 bits per heavy atom. The molecule has 2 rings (SSSR count). The highest BCUT2D eigenvalue weighted by Gasteiger charge is 2.33. The summed E-state index contributed by atoms with van der Waals surface area (Å²) in [6.45, 7) is 2.23. The summed E-state index contributed by atoms with van der Waals surface area (Å²) in [6.07, 6.45) is -3.24. The monoisotopic (exact) mass is 331 g/mol. The molecule has 1 aliphatic heterocycles. The van der Waals surface area contributed by atoms with E-state index >= 15 is 0 Å². The van der Waals surface area contributed by atoms with Crippen LogP contribution in [-0.2, 0) is 21.8 Å². The van der Waals surface area contributed by atoms with E-state index in [2.05, 4.69) is 0 Å².